The van der Waals surface area contributed by atoms with Crippen LogP contribution in [0.2, 0.25) is 0 Å². The van der Waals surface area contributed by atoms with Crippen molar-refractivity contribution in [1.29, 1.82) is 0 Å². The van der Waals surface area contributed by atoms with Gasteiger partial charge in [0.2, 0.25) is 5.69 Å². The second kappa shape index (κ2) is 5.93. The average Bonchev–Trinajstić information content (AvgIpc) is 2.47. The van der Waals surface area contributed by atoms with Crippen LogP contribution in [0.25, 0.3) is 11.0 Å². The summed E-state index contributed by atoms with van der Waals surface area (Å²) in [6.45, 7) is 0.738. The van der Waals surface area contributed by atoms with Crippen molar-refractivity contribution >= 4 is 17.0 Å². The minimum Gasteiger partial charge on any atom is -0.805 e. The number of carbonyl (C=O) groups is 1. The summed E-state index contributed by atoms with van der Waals surface area (Å²) in [5, 5.41) is 12.0. The fourth-order valence-electron chi connectivity index (χ4n) is 2.19. The van der Waals surface area contributed by atoms with Gasteiger partial charge in [-0.3, -0.25) is 0 Å². The second-order valence-corrected chi connectivity index (χ2v) is 4.68. The first kappa shape index (κ1) is 18.5. The van der Waals surface area contributed by atoms with Gasteiger partial charge in [-0.25, -0.2) is 4.79 Å². The Balaban J connectivity index is 3.10. The standard InChI is InChI=1S/C13H8F6N2O4/c1-2-25-11(22)9-10(13(17,18)19)20(23)7-5-3-4-6(12(14,15)16)8(7)21(9)24/h3-5H,2H2,1H3. The Morgan fingerprint density at radius 2 is 1.80 bits per heavy atom. The highest BCUT2D eigenvalue weighted by Gasteiger charge is 2.47. The highest BCUT2D eigenvalue weighted by molar-refractivity contribution is 5.89. The Hall–Kier alpha value is -2.79. The molecule has 12 heteroatoms. The van der Waals surface area contributed by atoms with E-state index in [1.54, 1.807) is 0 Å². The molecule has 0 aliphatic rings. The van der Waals surface area contributed by atoms with Crippen LogP contribution in [-0.4, -0.2) is 17.3 Å². The van der Waals surface area contributed by atoms with Crippen LogP contribution in [0, 0.1) is 10.1 Å². The highest BCUT2D eigenvalue weighted by Crippen LogP contribution is 2.36. The highest BCUT2D eigenvalue weighted by atomic mass is 19.4. The van der Waals surface area contributed by atoms with Crippen molar-refractivity contribution in [2.45, 2.75) is 19.3 Å². The summed E-state index contributed by atoms with van der Waals surface area (Å²) in [5.74, 6) is -1.87. The predicted molar refractivity (Wildman–Crippen MR) is 70.0 cm³/mol. The maximum Gasteiger partial charge on any atom is 0.438 e. The summed E-state index contributed by atoms with van der Waals surface area (Å²) in [6.07, 6.45) is -10.6. The van der Waals surface area contributed by atoms with Crippen molar-refractivity contribution in [2.24, 2.45) is 0 Å². The molecule has 25 heavy (non-hydrogen) atoms. The van der Waals surface area contributed by atoms with Gasteiger partial charge in [0.15, 0.2) is 0 Å². The monoisotopic (exact) mass is 370 g/mol. The van der Waals surface area contributed by atoms with Crippen molar-refractivity contribution in [3.05, 3.63) is 45.3 Å². The molecule has 0 fully saturated rings. The molecule has 0 aliphatic heterocycles. The Morgan fingerprint density at radius 1 is 1.20 bits per heavy atom. The lowest BCUT2D eigenvalue weighted by atomic mass is 10.1. The molecule has 1 aromatic heterocycles. The molecule has 0 aliphatic carbocycles. The lowest BCUT2D eigenvalue weighted by Gasteiger charge is -2.20. The van der Waals surface area contributed by atoms with E-state index in [1.165, 1.54) is 6.92 Å². The molecule has 0 atom stereocenters. The number of para-hydroxylation sites is 1. The van der Waals surface area contributed by atoms with Crippen molar-refractivity contribution < 1.29 is 40.3 Å². The summed E-state index contributed by atoms with van der Waals surface area (Å²) in [5.41, 5.74) is -8.39. The minimum absolute atomic E-state index is 0.402. The van der Waals surface area contributed by atoms with E-state index < -0.39 is 62.1 Å². The molecule has 136 valence electrons. The molecule has 0 radical (unpaired) electrons. The third kappa shape index (κ3) is 3.10. The average molecular weight is 370 g/mol. The van der Waals surface area contributed by atoms with Crippen molar-refractivity contribution in [1.82, 2.24) is 4.73 Å². The third-order valence-electron chi connectivity index (χ3n) is 3.11. The molecule has 1 heterocycles. The number of ether oxygens (including phenoxy) is 1. The number of fused-ring (bicyclic) bond motifs is 1. The summed E-state index contributed by atoms with van der Waals surface area (Å²) >= 11 is 0. The SMILES string of the molecule is CCOC(=O)c1c(C(F)(F)F)n([O-])c2cccc(C(F)(F)F)c2[n+]1=O. The first-order valence-electron chi connectivity index (χ1n) is 6.54. The number of hydrogen-bond donors (Lipinski definition) is 0. The Kier molecular flexibility index (Phi) is 4.40. The van der Waals surface area contributed by atoms with E-state index >= 15 is 0 Å². The van der Waals surface area contributed by atoms with Crippen LogP contribution in [-0.2, 0) is 17.1 Å². The van der Waals surface area contributed by atoms with Crippen LogP contribution in [0.4, 0.5) is 26.3 Å². The molecule has 0 bridgehead atoms. The lowest BCUT2D eigenvalue weighted by molar-refractivity contribution is -0.472. The molecule has 0 spiro atoms. The van der Waals surface area contributed by atoms with Gasteiger partial charge in [-0.2, -0.15) is 26.3 Å². The Labute approximate surface area is 134 Å². The van der Waals surface area contributed by atoms with Crippen LogP contribution in [0.5, 0.6) is 0 Å². The van der Waals surface area contributed by atoms with Gasteiger partial charge < -0.3 is 14.7 Å². The largest absolute Gasteiger partial charge is 0.805 e. The van der Waals surface area contributed by atoms with Crippen LogP contribution in [0.3, 0.4) is 0 Å². The molecular formula is C13H8F6N2O4. The van der Waals surface area contributed by atoms with Crippen molar-refractivity contribution in [3.63, 3.8) is 0 Å². The third-order valence-corrected chi connectivity index (χ3v) is 3.11. The predicted octanol–water partition coefficient (Wildman–Crippen LogP) is 3.12. The van der Waals surface area contributed by atoms with Crippen LogP contribution in [0.15, 0.2) is 18.2 Å². The van der Waals surface area contributed by atoms with E-state index in [-0.39, 0.29) is 0 Å². The van der Waals surface area contributed by atoms with Gasteiger partial charge in [-0.05, 0) is 19.1 Å². The zero-order valence-electron chi connectivity index (χ0n) is 12.2. The quantitative estimate of drug-likeness (QED) is 0.462. The minimum atomic E-state index is -5.49. The molecule has 0 saturated heterocycles. The van der Waals surface area contributed by atoms with Gasteiger partial charge in [0.1, 0.15) is 11.1 Å². The van der Waals surface area contributed by atoms with Gasteiger partial charge in [0.05, 0.1) is 11.0 Å². The topological polar surface area (TPSA) is 77.3 Å². The number of benzene rings is 1. The zero-order chi connectivity index (χ0) is 19.2. The number of esters is 1. The molecule has 2 aromatic rings. The molecule has 0 amide bonds. The summed E-state index contributed by atoms with van der Waals surface area (Å²) in [6, 6.07) is 1.68. The van der Waals surface area contributed by atoms with Gasteiger partial charge in [0.25, 0.3) is 5.52 Å². The maximum atomic E-state index is 13.1. The Bertz CT molecular complexity index is 900. The van der Waals surface area contributed by atoms with Gasteiger partial charge in [0, 0.05) is 4.91 Å². The zero-order valence-corrected chi connectivity index (χ0v) is 12.2. The van der Waals surface area contributed by atoms with Crippen LogP contribution < -0.4 is 4.43 Å². The lowest BCUT2D eigenvalue weighted by Crippen LogP contribution is -2.36. The summed E-state index contributed by atoms with van der Waals surface area (Å²) in [7, 11) is 0. The molecule has 2 rings (SSSR count). The van der Waals surface area contributed by atoms with Gasteiger partial charge in [-0.1, -0.05) is 6.07 Å². The number of rotatable bonds is 2. The van der Waals surface area contributed by atoms with E-state index in [1.807, 2.05) is 0 Å². The maximum absolute atomic E-state index is 13.1. The Morgan fingerprint density at radius 3 is 2.28 bits per heavy atom. The number of alkyl halides is 6. The van der Waals surface area contributed by atoms with E-state index in [2.05, 4.69) is 4.74 Å². The molecule has 0 unspecified atom stereocenters. The van der Waals surface area contributed by atoms with Crippen molar-refractivity contribution in [3.8, 4) is 0 Å². The van der Waals surface area contributed by atoms with Gasteiger partial charge >= 0.3 is 24.0 Å². The van der Waals surface area contributed by atoms with Crippen LogP contribution in [0.1, 0.15) is 28.7 Å². The van der Waals surface area contributed by atoms with Crippen LogP contribution >= 0.6 is 0 Å². The van der Waals surface area contributed by atoms with Gasteiger partial charge in [-0.15, -0.1) is 0 Å². The number of carbonyl (C=O) groups excluding carboxylic acids is 1. The van der Waals surface area contributed by atoms with E-state index in [4.69, 9.17) is 0 Å². The van der Waals surface area contributed by atoms with Crippen molar-refractivity contribution in [2.75, 3.05) is 6.61 Å². The van der Waals surface area contributed by atoms with E-state index in [9.17, 15) is 41.3 Å². The number of hydrogen-bond acceptors (Lipinski definition) is 4. The first-order chi connectivity index (χ1) is 11.4. The summed E-state index contributed by atoms with van der Waals surface area (Å²) in [4.78, 5) is 23.9. The fraction of sp³-hybridized carbons (Fsp3) is 0.308. The molecule has 6 nitrogen and oxygen atoms in total. The number of aromatic nitrogens is 2. The number of halogens is 6. The molecule has 0 saturated carbocycles. The first-order valence-corrected chi connectivity index (χ1v) is 6.54. The fourth-order valence-corrected chi connectivity index (χ4v) is 2.19. The van der Waals surface area contributed by atoms with E-state index in [0.717, 1.165) is 0 Å². The second-order valence-electron chi connectivity index (χ2n) is 4.68. The number of nitrogens with zero attached hydrogens (tertiary/aromatic N) is 2. The molecular weight excluding hydrogens is 362 g/mol. The smallest absolute Gasteiger partial charge is 0.438 e. The molecule has 0 N–H and O–H groups in total. The van der Waals surface area contributed by atoms with E-state index in [0.29, 0.717) is 18.2 Å². The summed E-state index contributed by atoms with van der Waals surface area (Å²) < 4.78 is 81.1. The molecule has 1 aromatic carbocycles. The normalized spacial score (nSPS) is 12.4.